The quantitative estimate of drug-likeness (QED) is 0.720. The Bertz CT molecular complexity index is 502. The van der Waals surface area contributed by atoms with Crippen LogP contribution in [0, 0.1) is 11.6 Å². The first-order valence-electron chi connectivity index (χ1n) is 4.38. The molecule has 2 nitrogen and oxygen atoms in total. The number of hydrogen-bond acceptors (Lipinski definition) is 2. The summed E-state index contributed by atoms with van der Waals surface area (Å²) in [5.74, 6) is 0. The van der Waals surface area contributed by atoms with E-state index in [1.54, 1.807) is 6.20 Å². The van der Waals surface area contributed by atoms with E-state index in [1.165, 1.54) is 0 Å². The van der Waals surface area contributed by atoms with Crippen LogP contribution < -0.4 is 0 Å². The fourth-order valence-electron chi connectivity index (χ4n) is 1.33. The zero-order valence-corrected chi connectivity index (χ0v) is 8.64. The molecule has 2 heterocycles. The molecule has 14 heavy (non-hydrogen) atoms. The molecule has 0 aliphatic rings. The highest BCUT2D eigenvalue weighted by molar-refractivity contribution is 7.71. The van der Waals surface area contributed by atoms with Gasteiger partial charge in [-0.15, -0.1) is 0 Å². The molecule has 0 aromatic carbocycles. The smallest absolute Gasteiger partial charge is 0.103 e. The van der Waals surface area contributed by atoms with Gasteiger partial charge in [0.05, 0.1) is 0 Å². The van der Waals surface area contributed by atoms with Crippen LogP contribution in [0.25, 0.3) is 11.3 Å². The van der Waals surface area contributed by atoms with Crippen LogP contribution in [0.2, 0.25) is 0 Å². The number of aromatic nitrogens is 2. The van der Waals surface area contributed by atoms with E-state index in [0.717, 1.165) is 21.6 Å². The van der Waals surface area contributed by atoms with Gasteiger partial charge in [-0.05, 0) is 31.2 Å². The van der Waals surface area contributed by atoms with E-state index in [-0.39, 0.29) is 0 Å². The van der Waals surface area contributed by atoms with E-state index >= 15 is 0 Å². The van der Waals surface area contributed by atoms with E-state index in [4.69, 9.17) is 12.2 Å². The number of nitrogens with zero attached hydrogens (tertiary/aromatic N) is 1. The van der Waals surface area contributed by atoms with Crippen LogP contribution in [0.3, 0.4) is 0 Å². The average molecular weight is 202 g/mol. The van der Waals surface area contributed by atoms with Crippen LogP contribution in [0.15, 0.2) is 36.5 Å². The summed E-state index contributed by atoms with van der Waals surface area (Å²) in [7, 11) is 0. The van der Waals surface area contributed by atoms with Gasteiger partial charge in [0, 0.05) is 23.1 Å². The van der Waals surface area contributed by atoms with Gasteiger partial charge in [-0.1, -0.05) is 18.3 Å². The number of nitrogens with one attached hydrogen (secondary N) is 1. The van der Waals surface area contributed by atoms with E-state index in [2.05, 4.69) is 9.97 Å². The van der Waals surface area contributed by atoms with Crippen molar-refractivity contribution in [3.63, 3.8) is 0 Å². The van der Waals surface area contributed by atoms with Gasteiger partial charge < -0.3 is 4.98 Å². The van der Waals surface area contributed by atoms with Gasteiger partial charge in [0.2, 0.25) is 0 Å². The van der Waals surface area contributed by atoms with Crippen LogP contribution in [0.1, 0.15) is 5.69 Å². The molecule has 0 aliphatic carbocycles. The Morgan fingerprint density at radius 3 is 2.86 bits per heavy atom. The highest BCUT2D eigenvalue weighted by atomic mass is 32.1. The second-order valence-corrected chi connectivity index (χ2v) is 3.55. The average Bonchev–Trinajstić information content (AvgIpc) is 2.18. The molecule has 0 saturated heterocycles. The summed E-state index contributed by atoms with van der Waals surface area (Å²) >= 11 is 5.06. The predicted octanol–water partition coefficient (Wildman–Crippen LogP) is 3.11. The number of pyridine rings is 2. The van der Waals surface area contributed by atoms with Gasteiger partial charge in [-0.25, -0.2) is 0 Å². The SMILES string of the molecule is Cc1cc(-c2cccc(=S)[nH]2)ccn1. The summed E-state index contributed by atoms with van der Waals surface area (Å²) in [6.07, 6.45) is 1.80. The topological polar surface area (TPSA) is 28.7 Å². The van der Waals surface area contributed by atoms with Crippen molar-refractivity contribution in [3.05, 3.63) is 46.9 Å². The molecular formula is C11H10N2S. The second-order valence-electron chi connectivity index (χ2n) is 3.11. The maximum Gasteiger partial charge on any atom is 0.103 e. The first-order valence-corrected chi connectivity index (χ1v) is 4.79. The molecule has 0 amide bonds. The lowest BCUT2D eigenvalue weighted by atomic mass is 10.1. The minimum atomic E-state index is 0.747. The van der Waals surface area contributed by atoms with Crippen molar-refractivity contribution in [2.24, 2.45) is 0 Å². The molecule has 0 fully saturated rings. The molecule has 2 aromatic heterocycles. The number of hydrogen-bond donors (Lipinski definition) is 1. The van der Waals surface area contributed by atoms with Gasteiger partial charge >= 0.3 is 0 Å². The fourth-order valence-corrected chi connectivity index (χ4v) is 1.52. The van der Waals surface area contributed by atoms with Crippen molar-refractivity contribution in [3.8, 4) is 11.3 Å². The summed E-state index contributed by atoms with van der Waals surface area (Å²) in [5.41, 5.74) is 3.15. The number of rotatable bonds is 1. The Morgan fingerprint density at radius 2 is 2.14 bits per heavy atom. The highest BCUT2D eigenvalue weighted by Gasteiger charge is 1.96. The molecule has 2 aromatic rings. The lowest BCUT2D eigenvalue weighted by Gasteiger charge is -2.01. The summed E-state index contributed by atoms with van der Waals surface area (Å²) in [5, 5.41) is 0. The Labute approximate surface area is 87.7 Å². The zero-order valence-electron chi connectivity index (χ0n) is 7.82. The van der Waals surface area contributed by atoms with Crippen molar-refractivity contribution >= 4 is 12.2 Å². The molecule has 3 heteroatoms. The van der Waals surface area contributed by atoms with Gasteiger partial charge in [0.1, 0.15) is 4.64 Å². The van der Waals surface area contributed by atoms with Crippen LogP contribution in [0.5, 0.6) is 0 Å². The molecule has 0 saturated carbocycles. The molecule has 0 unspecified atom stereocenters. The summed E-state index contributed by atoms with van der Waals surface area (Å²) in [6.45, 7) is 1.97. The van der Waals surface area contributed by atoms with E-state index in [1.807, 2.05) is 37.3 Å². The van der Waals surface area contributed by atoms with Crippen molar-refractivity contribution in [1.82, 2.24) is 9.97 Å². The summed E-state index contributed by atoms with van der Waals surface area (Å²) < 4.78 is 0.747. The molecule has 0 atom stereocenters. The maximum atomic E-state index is 5.06. The standard InChI is InChI=1S/C11H10N2S/c1-8-7-9(5-6-12-8)10-3-2-4-11(14)13-10/h2-7H,1H3,(H,13,14). The summed E-state index contributed by atoms with van der Waals surface area (Å²) in [4.78, 5) is 7.29. The normalized spacial score (nSPS) is 10.1. The molecule has 2 rings (SSSR count). The Hall–Kier alpha value is -1.48. The number of aromatic amines is 1. The molecule has 0 spiro atoms. The van der Waals surface area contributed by atoms with Gasteiger partial charge in [-0.3, -0.25) is 4.98 Å². The Morgan fingerprint density at radius 1 is 1.29 bits per heavy atom. The van der Waals surface area contributed by atoms with Gasteiger partial charge in [-0.2, -0.15) is 0 Å². The summed E-state index contributed by atoms with van der Waals surface area (Å²) in [6, 6.07) is 9.82. The lowest BCUT2D eigenvalue weighted by Crippen LogP contribution is -1.85. The van der Waals surface area contributed by atoms with Crippen LogP contribution in [-0.4, -0.2) is 9.97 Å². The van der Waals surface area contributed by atoms with Crippen molar-refractivity contribution in [2.45, 2.75) is 6.92 Å². The van der Waals surface area contributed by atoms with Crippen molar-refractivity contribution in [1.29, 1.82) is 0 Å². The second kappa shape index (κ2) is 3.72. The molecule has 0 aliphatic heterocycles. The molecular weight excluding hydrogens is 192 g/mol. The van der Waals surface area contributed by atoms with Crippen molar-refractivity contribution < 1.29 is 0 Å². The van der Waals surface area contributed by atoms with Crippen LogP contribution in [0.4, 0.5) is 0 Å². The molecule has 0 radical (unpaired) electrons. The lowest BCUT2D eigenvalue weighted by molar-refractivity contribution is 1.19. The van der Waals surface area contributed by atoms with E-state index in [9.17, 15) is 0 Å². The first-order chi connectivity index (χ1) is 6.75. The predicted molar refractivity (Wildman–Crippen MR) is 59.6 cm³/mol. The monoisotopic (exact) mass is 202 g/mol. The van der Waals surface area contributed by atoms with Gasteiger partial charge in [0.15, 0.2) is 0 Å². The minimum Gasteiger partial charge on any atom is -0.346 e. The number of aryl methyl sites for hydroxylation is 1. The first kappa shape index (κ1) is 9.09. The van der Waals surface area contributed by atoms with Crippen molar-refractivity contribution in [2.75, 3.05) is 0 Å². The third kappa shape index (κ3) is 1.88. The van der Waals surface area contributed by atoms with Crippen LogP contribution >= 0.6 is 12.2 Å². The van der Waals surface area contributed by atoms with Crippen LogP contribution in [-0.2, 0) is 0 Å². The maximum absolute atomic E-state index is 5.06. The minimum absolute atomic E-state index is 0.747. The Balaban J connectivity index is 2.55. The van der Waals surface area contributed by atoms with E-state index in [0.29, 0.717) is 0 Å². The third-order valence-electron chi connectivity index (χ3n) is 1.98. The number of H-pyrrole nitrogens is 1. The largest absolute Gasteiger partial charge is 0.346 e. The fraction of sp³-hybridized carbons (Fsp3) is 0.0909. The Kier molecular flexibility index (Phi) is 2.41. The zero-order chi connectivity index (χ0) is 9.97. The molecule has 1 N–H and O–H groups in total. The molecule has 70 valence electrons. The molecule has 0 bridgehead atoms. The van der Waals surface area contributed by atoms with E-state index < -0.39 is 0 Å². The third-order valence-corrected chi connectivity index (χ3v) is 2.21. The van der Waals surface area contributed by atoms with Gasteiger partial charge in [0.25, 0.3) is 0 Å². The highest BCUT2D eigenvalue weighted by Crippen LogP contribution is 2.15.